The van der Waals surface area contributed by atoms with E-state index in [-0.39, 0.29) is 6.04 Å². The van der Waals surface area contributed by atoms with Crippen molar-refractivity contribution in [2.24, 2.45) is 0 Å². The van der Waals surface area contributed by atoms with Gasteiger partial charge in [-0.3, -0.25) is 4.79 Å². The van der Waals surface area contributed by atoms with Crippen molar-refractivity contribution in [3.05, 3.63) is 18.2 Å². The van der Waals surface area contributed by atoms with Gasteiger partial charge in [0.05, 0.1) is 6.04 Å². The number of carbonyl (C=O) groups is 1. The molecule has 0 aliphatic carbocycles. The number of carbonyl (C=O) groups excluding carboxylic acids is 1. The normalized spacial score (nSPS) is 19.8. The zero-order valence-electron chi connectivity index (χ0n) is 11.8. The van der Waals surface area contributed by atoms with Gasteiger partial charge in [-0.25, -0.2) is 4.98 Å². The quantitative estimate of drug-likeness (QED) is 0.854. The maximum atomic E-state index is 12.0. The summed E-state index contributed by atoms with van der Waals surface area (Å²) in [5, 5.41) is 0. The summed E-state index contributed by atoms with van der Waals surface area (Å²) >= 11 is 0. The summed E-state index contributed by atoms with van der Waals surface area (Å²) in [7, 11) is 0. The maximum absolute atomic E-state index is 12.0. The molecule has 1 aliphatic rings. The van der Waals surface area contributed by atoms with Crippen molar-refractivity contribution in [1.29, 1.82) is 0 Å². The average molecular weight is 305 g/mol. The fraction of sp³-hybridized carbons (Fsp3) is 0.692. The van der Waals surface area contributed by atoms with Gasteiger partial charge in [-0.1, -0.05) is 0 Å². The molecule has 2 heterocycles. The fourth-order valence-electron chi connectivity index (χ4n) is 2.53. The summed E-state index contributed by atoms with van der Waals surface area (Å²) in [6, 6.07) is 0.118. The highest BCUT2D eigenvalue weighted by atomic mass is 19.4. The van der Waals surface area contributed by atoms with Crippen molar-refractivity contribution in [2.75, 3.05) is 26.3 Å². The van der Waals surface area contributed by atoms with Crippen LogP contribution in [0, 0.1) is 6.92 Å². The van der Waals surface area contributed by atoms with E-state index in [1.807, 2.05) is 17.7 Å². The van der Waals surface area contributed by atoms with Gasteiger partial charge in [-0.15, -0.1) is 0 Å². The number of amides is 1. The Hall–Kier alpha value is -1.57. The lowest BCUT2D eigenvalue weighted by Crippen LogP contribution is -2.42. The van der Waals surface area contributed by atoms with Crippen LogP contribution in [0.15, 0.2) is 12.4 Å². The maximum Gasteiger partial charge on any atom is 0.411 e. The molecule has 0 aromatic carbocycles. The number of nitrogens with zero attached hydrogens (tertiary/aromatic N) is 3. The van der Waals surface area contributed by atoms with Gasteiger partial charge in [-0.05, 0) is 19.8 Å². The molecule has 1 aromatic heterocycles. The predicted molar refractivity (Wildman–Crippen MR) is 68.7 cm³/mol. The van der Waals surface area contributed by atoms with Gasteiger partial charge in [0.15, 0.2) is 0 Å². The molecule has 5 nitrogen and oxygen atoms in total. The molecule has 1 atom stereocenters. The number of aromatic nitrogens is 2. The lowest BCUT2D eigenvalue weighted by Gasteiger charge is -2.33. The molecular formula is C13H18F3N3O2. The Bertz CT molecular complexity index is 487. The summed E-state index contributed by atoms with van der Waals surface area (Å²) in [5.41, 5.74) is 0. The van der Waals surface area contributed by atoms with Gasteiger partial charge >= 0.3 is 6.18 Å². The molecule has 1 aromatic rings. The van der Waals surface area contributed by atoms with Gasteiger partial charge in [0.2, 0.25) is 5.91 Å². The summed E-state index contributed by atoms with van der Waals surface area (Å²) in [6.45, 7) is 0.989. The van der Waals surface area contributed by atoms with Gasteiger partial charge in [0, 0.05) is 25.5 Å². The van der Waals surface area contributed by atoms with Crippen LogP contribution in [0.2, 0.25) is 0 Å². The standard InChI is InChI=1S/C13H18F3N3O2/c1-10-17-4-6-19(10)11-3-2-5-18(7-11)12(20)8-21-9-13(14,15)16/h4,6,11H,2-3,5,7-9H2,1H3/t11-/m1/s1. The Labute approximate surface area is 120 Å². The smallest absolute Gasteiger partial charge is 0.362 e. The van der Waals surface area contributed by atoms with Crippen molar-refractivity contribution in [2.45, 2.75) is 32.0 Å². The lowest BCUT2D eigenvalue weighted by atomic mass is 10.1. The number of piperidine rings is 1. The summed E-state index contributed by atoms with van der Waals surface area (Å²) in [6.07, 6.45) is 0.882. The van der Waals surface area contributed by atoms with E-state index >= 15 is 0 Å². The first-order chi connectivity index (χ1) is 9.87. The predicted octanol–water partition coefficient (Wildman–Crippen LogP) is 1.93. The first-order valence-corrected chi connectivity index (χ1v) is 6.78. The van der Waals surface area contributed by atoms with E-state index in [4.69, 9.17) is 0 Å². The van der Waals surface area contributed by atoms with Gasteiger partial charge in [-0.2, -0.15) is 13.2 Å². The van der Waals surface area contributed by atoms with Crippen LogP contribution in [0.3, 0.4) is 0 Å². The summed E-state index contributed by atoms with van der Waals surface area (Å²) in [4.78, 5) is 17.6. The highest BCUT2D eigenvalue weighted by Gasteiger charge is 2.29. The van der Waals surface area contributed by atoms with E-state index in [1.54, 1.807) is 11.1 Å². The minimum Gasteiger partial charge on any atom is -0.362 e. The minimum atomic E-state index is -4.40. The van der Waals surface area contributed by atoms with Gasteiger partial charge < -0.3 is 14.2 Å². The molecule has 0 spiro atoms. The Morgan fingerprint density at radius 1 is 1.52 bits per heavy atom. The van der Waals surface area contributed by atoms with E-state index in [2.05, 4.69) is 9.72 Å². The van der Waals surface area contributed by atoms with Crippen molar-refractivity contribution in [1.82, 2.24) is 14.5 Å². The van der Waals surface area contributed by atoms with Crippen molar-refractivity contribution < 1.29 is 22.7 Å². The third kappa shape index (κ3) is 4.45. The van der Waals surface area contributed by atoms with Crippen LogP contribution in [0.25, 0.3) is 0 Å². The van der Waals surface area contributed by atoms with E-state index < -0.39 is 25.3 Å². The number of rotatable bonds is 4. The Morgan fingerprint density at radius 2 is 2.29 bits per heavy atom. The van der Waals surface area contributed by atoms with Crippen molar-refractivity contribution in [3.63, 3.8) is 0 Å². The molecule has 1 amide bonds. The van der Waals surface area contributed by atoms with Crippen LogP contribution in [-0.2, 0) is 9.53 Å². The molecular weight excluding hydrogens is 287 g/mol. The molecule has 0 unspecified atom stereocenters. The highest BCUT2D eigenvalue weighted by molar-refractivity contribution is 5.77. The third-order valence-corrected chi connectivity index (χ3v) is 3.50. The van der Waals surface area contributed by atoms with Crippen LogP contribution >= 0.6 is 0 Å². The topological polar surface area (TPSA) is 47.4 Å². The molecule has 1 aliphatic heterocycles. The molecule has 118 valence electrons. The molecule has 0 bridgehead atoms. The number of hydrogen-bond donors (Lipinski definition) is 0. The molecule has 0 saturated carbocycles. The number of hydrogen-bond acceptors (Lipinski definition) is 3. The van der Waals surface area contributed by atoms with E-state index in [1.165, 1.54) is 0 Å². The molecule has 1 saturated heterocycles. The molecule has 2 rings (SSSR count). The zero-order chi connectivity index (χ0) is 15.5. The Kier molecular flexibility index (Phi) is 4.87. The monoisotopic (exact) mass is 305 g/mol. The van der Waals surface area contributed by atoms with Crippen LogP contribution in [-0.4, -0.2) is 52.8 Å². The molecule has 8 heteroatoms. The van der Waals surface area contributed by atoms with Crippen LogP contribution in [0.1, 0.15) is 24.7 Å². The number of imidazole rings is 1. The fourth-order valence-corrected chi connectivity index (χ4v) is 2.53. The molecule has 1 fully saturated rings. The first kappa shape index (κ1) is 15.8. The first-order valence-electron chi connectivity index (χ1n) is 6.78. The van der Waals surface area contributed by atoms with Crippen LogP contribution < -0.4 is 0 Å². The second-order valence-electron chi connectivity index (χ2n) is 5.13. The van der Waals surface area contributed by atoms with Crippen molar-refractivity contribution in [3.8, 4) is 0 Å². The molecule has 0 radical (unpaired) electrons. The zero-order valence-corrected chi connectivity index (χ0v) is 11.8. The largest absolute Gasteiger partial charge is 0.411 e. The minimum absolute atomic E-state index is 0.118. The number of ether oxygens (including phenoxy) is 1. The lowest BCUT2D eigenvalue weighted by molar-refractivity contribution is -0.178. The number of alkyl halides is 3. The van der Waals surface area contributed by atoms with Gasteiger partial charge in [0.1, 0.15) is 19.0 Å². The van der Waals surface area contributed by atoms with Crippen molar-refractivity contribution >= 4 is 5.91 Å². The Balaban J connectivity index is 1.86. The number of likely N-dealkylation sites (tertiary alicyclic amines) is 1. The van der Waals surface area contributed by atoms with Gasteiger partial charge in [0.25, 0.3) is 0 Å². The SMILES string of the molecule is Cc1nccn1[C@@H]1CCCN(C(=O)COCC(F)(F)F)C1. The average Bonchev–Trinajstić information content (AvgIpc) is 2.83. The number of aryl methyl sites for hydroxylation is 1. The van der Waals surface area contributed by atoms with Crippen LogP contribution in [0.5, 0.6) is 0 Å². The molecule has 0 N–H and O–H groups in total. The highest BCUT2D eigenvalue weighted by Crippen LogP contribution is 2.22. The Morgan fingerprint density at radius 3 is 2.90 bits per heavy atom. The van der Waals surface area contributed by atoms with E-state index in [0.29, 0.717) is 13.1 Å². The van der Waals surface area contributed by atoms with Crippen LogP contribution in [0.4, 0.5) is 13.2 Å². The second-order valence-corrected chi connectivity index (χ2v) is 5.13. The second kappa shape index (κ2) is 6.46. The van der Waals surface area contributed by atoms with E-state index in [9.17, 15) is 18.0 Å². The third-order valence-electron chi connectivity index (χ3n) is 3.50. The molecule has 21 heavy (non-hydrogen) atoms. The number of halogens is 3. The summed E-state index contributed by atoms with van der Waals surface area (Å²) < 4.78 is 42.4. The summed E-state index contributed by atoms with van der Waals surface area (Å²) in [5.74, 6) is 0.462. The van der Waals surface area contributed by atoms with E-state index in [0.717, 1.165) is 18.7 Å².